The van der Waals surface area contributed by atoms with Crippen LogP contribution in [-0.2, 0) is 22.6 Å². The summed E-state index contributed by atoms with van der Waals surface area (Å²) in [6.07, 6.45) is 4.04. The number of hydrogen-bond donors (Lipinski definition) is 1. The van der Waals surface area contributed by atoms with Crippen LogP contribution in [0.4, 0.5) is 5.69 Å². The first kappa shape index (κ1) is 19.2. The number of nitrogens with zero attached hydrogens (tertiary/aromatic N) is 2. The summed E-state index contributed by atoms with van der Waals surface area (Å²) in [5.41, 5.74) is 3.53. The van der Waals surface area contributed by atoms with Crippen molar-refractivity contribution in [1.29, 1.82) is 0 Å². The van der Waals surface area contributed by atoms with E-state index in [2.05, 4.69) is 26.6 Å². The van der Waals surface area contributed by atoms with Gasteiger partial charge in [0.25, 0.3) is 5.91 Å². The van der Waals surface area contributed by atoms with Crippen LogP contribution in [-0.4, -0.2) is 42.5 Å². The van der Waals surface area contributed by atoms with Gasteiger partial charge in [0.2, 0.25) is 0 Å². The van der Waals surface area contributed by atoms with Crippen molar-refractivity contribution >= 4 is 33.4 Å². The molecule has 0 aliphatic carbocycles. The molecule has 0 radical (unpaired) electrons. The molecule has 6 nitrogen and oxygen atoms in total. The number of carbonyl (C=O) groups is 1. The van der Waals surface area contributed by atoms with E-state index in [9.17, 15) is 4.79 Å². The van der Waals surface area contributed by atoms with E-state index in [1.165, 1.54) is 0 Å². The lowest BCUT2D eigenvalue weighted by atomic mass is 10.1. The number of anilines is 1. The summed E-state index contributed by atoms with van der Waals surface area (Å²) in [6.45, 7) is 2.79. The molecule has 0 aliphatic heterocycles. The van der Waals surface area contributed by atoms with E-state index in [0.717, 1.165) is 40.6 Å². The van der Waals surface area contributed by atoms with Crippen LogP contribution in [0.15, 0.2) is 60.9 Å². The molecule has 2 heterocycles. The third-order valence-electron chi connectivity index (χ3n) is 5.17. The van der Waals surface area contributed by atoms with Crippen LogP contribution in [0.3, 0.4) is 0 Å². The Morgan fingerprint density at radius 1 is 0.897 bits per heavy atom. The summed E-state index contributed by atoms with van der Waals surface area (Å²) in [4.78, 5) is 13.0. The van der Waals surface area contributed by atoms with Gasteiger partial charge in [0.1, 0.15) is 0 Å². The molecule has 0 unspecified atom stereocenters. The third-order valence-corrected chi connectivity index (χ3v) is 5.17. The number of methoxy groups -OCH3 is 2. The molecule has 0 aliphatic rings. The van der Waals surface area contributed by atoms with Gasteiger partial charge in [-0.25, -0.2) is 0 Å². The van der Waals surface area contributed by atoms with Gasteiger partial charge in [-0.1, -0.05) is 12.1 Å². The van der Waals surface area contributed by atoms with Crippen molar-refractivity contribution in [2.45, 2.75) is 13.1 Å². The van der Waals surface area contributed by atoms with Crippen LogP contribution in [0.2, 0.25) is 0 Å². The van der Waals surface area contributed by atoms with Crippen molar-refractivity contribution in [2.75, 3.05) is 32.8 Å². The van der Waals surface area contributed by atoms with Crippen molar-refractivity contribution in [3.63, 3.8) is 0 Å². The fourth-order valence-corrected chi connectivity index (χ4v) is 3.62. The number of aromatic nitrogens is 2. The largest absolute Gasteiger partial charge is 0.383 e. The molecule has 0 saturated carbocycles. The summed E-state index contributed by atoms with van der Waals surface area (Å²) < 4.78 is 14.6. The monoisotopic (exact) mass is 391 g/mol. The normalized spacial score (nSPS) is 11.4. The quantitative estimate of drug-likeness (QED) is 0.491. The van der Waals surface area contributed by atoms with Crippen LogP contribution in [0, 0.1) is 0 Å². The Hall–Kier alpha value is -3.09. The first-order chi connectivity index (χ1) is 14.2. The van der Waals surface area contributed by atoms with Crippen LogP contribution in [0.1, 0.15) is 10.4 Å². The van der Waals surface area contributed by atoms with Gasteiger partial charge in [-0.05, 0) is 41.8 Å². The third kappa shape index (κ3) is 3.90. The molecule has 0 atom stereocenters. The van der Waals surface area contributed by atoms with Crippen LogP contribution in [0.5, 0.6) is 0 Å². The number of fused-ring (bicyclic) bond motifs is 2. The lowest BCUT2D eigenvalue weighted by Gasteiger charge is -2.10. The highest BCUT2D eigenvalue weighted by Crippen LogP contribution is 2.26. The van der Waals surface area contributed by atoms with Gasteiger partial charge in [-0.15, -0.1) is 0 Å². The van der Waals surface area contributed by atoms with E-state index in [4.69, 9.17) is 9.47 Å². The molecule has 0 bridgehead atoms. The number of rotatable bonds is 8. The molecule has 0 saturated heterocycles. The maximum atomic E-state index is 13.0. The zero-order valence-electron chi connectivity index (χ0n) is 16.7. The topological polar surface area (TPSA) is 57.4 Å². The molecule has 2 aromatic heterocycles. The molecule has 2 aromatic carbocycles. The Morgan fingerprint density at radius 3 is 2.38 bits per heavy atom. The highest BCUT2D eigenvalue weighted by molar-refractivity contribution is 6.10. The maximum absolute atomic E-state index is 13.0. The van der Waals surface area contributed by atoms with E-state index in [1.807, 2.05) is 48.8 Å². The molecule has 1 N–H and O–H groups in total. The van der Waals surface area contributed by atoms with E-state index < -0.39 is 0 Å². The summed E-state index contributed by atoms with van der Waals surface area (Å²) in [6, 6.07) is 15.8. The predicted octanol–water partition coefficient (Wildman–Crippen LogP) is 4.14. The molecule has 4 rings (SSSR count). The predicted molar refractivity (Wildman–Crippen MR) is 116 cm³/mol. The molecular formula is C23H25N3O3. The van der Waals surface area contributed by atoms with Crippen LogP contribution < -0.4 is 5.32 Å². The molecule has 0 fully saturated rings. The first-order valence-electron chi connectivity index (χ1n) is 9.67. The first-order valence-corrected chi connectivity index (χ1v) is 9.67. The summed E-state index contributed by atoms with van der Waals surface area (Å²) in [5, 5.41) is 5.19. The second-order valence-electron chi connectivity index (χ2n) is 6.97. The Morgan fingerprint density at radius 2 is 1.62 bits per heavy atom. The zero-order valence-corrected chi connectivity index (χ0v) is 16.7. The zero-order chi connectivity index (χ0) is 20.2. The van der Waals surface area contributed by atoms with Gasteiger partial charge in [-0.3, -0.25) is 4.79 Å². The van der Waals surface area contributed by atoms with Crippen molar-refractivity contribution < 1.29 is 14.3 Å². The van der Waals surface area contributed by atoms with Gasteiger partial charge in [0, 0.05) is 56.2 Å². The minimum atomic E-state index is -0.122. The van der Waals surface area contributed by atoms with Crippen LogP contribution in [0.25, 0.3) is 21.8 Å². The summed E-state index contributed by atoms with van der Waals surface area (Å²) >= 11 is 0. The number of nitrogens with one attached hydrogen (secondary N) is 1. The average molecular weight is 391 g/mol. The Kier molecular flexibility index (Phi) is 5.64. The second-order valence-corrected chi connectivity index (χ2v) is 6.97. The van der Waals surface area contributed by atoms with Crippen molar-refractivity contribution in [2.24, 2.45) is 0 Å². The Bertz CT molecular complexity index is 1140. The molecular weight excluding hydrogens is 366 g/mol. The summed E-state index contributed by atoms with van der Waals surface area (Å²) in [5.74, 6) is -0.122. The van der Waals surface area contributed by atoms with Gasteiger partial charge < -0.3 is 23.9 Å². The van der Waals surface area contributed by atoms with E-state index >= 15 is 0 Å². The van der Waals surface area contributed by atoms with Gasteiger partial charge in [-0.2, -0.15) is 0 Å². The Labute approximate surface area is 169 Å². The van der Waals surface area contributed by atoms with Crippen molar-refractivity contribution in [1.82, 2.24) is 9.13 Å². The fraction of sp³-hybridized carbons (Fsp3) is 0.261. The number of benzene rings is 2. The fourth-order valence-electron chi connectivity index (χ4n) is 3.62. The molecule has 29 heavy (non-hydrogen) atoms. The highest BCUT2D eigenvalue weighted by atomic mass is 16.5. The van der Waals surface area contributed by atoms with E-state index in [0.29, 0.717) is 18.8 Å². The van der Waals surface area contributed by atoms with E-state index in [-0.39, 0.29) is 5.91 Å². The minimum Gasteiger partial charge on any atom is -0.383 e. The van der Waals surface area contributed by atoms with E-state index in [1.54, 1.807) is 14.2 Å². The van der Waals surface area contributed by atoms with Gasteiger partial charge in [0.15, 0.2) is 0 Å². The smallest absolute Gasteiger partial charge is 0.255 e. The van der Waals surface area contributed by atoms with Gasteiger partial charge >= 0.3 is 0 Å². The van der Waals surface area contributed by atoms with Crippen molar-refractivity contribution in [3.8, 4) is 0 Å². The number of carbonyl (C=O) groups excluding carboxylic acids is 1. The van der Waals surface area contributed by atoms with Crippen molar-refractivity contribution in [3.05, 3.63) is 66.5 Å². The molecule has 1 amide bonds. The molecule has 4 aromatic rings. The highest BCUT2D eigenvalue weighted by Gasteiger charge is 2.12. The average Bonchev–Trinajstić information content (AvgIpc) is 3.34. The second kappa shape index (κ2) is 8.51. The SMILES string of the molecule is COCCn1ccc2ccc(C(=O)Nc3cccc4c3ccn4CCOC)cc21. The molecule has 0 spiro atoms. The molecule has 150 valence electrons. The lowest BCUT2D eigenvalue weighted by molar-refractivity contribution is 0.102. The van der Waals surface area contributed by atoms with Crippen LogP contribution >= 0.6 is 0 Å². The number of ether oxygens (including phenoxy) is 2. The standard InChI is InChI=1S/C23H25N3O3/c1-28-14-12-25-11-9-19-20(4-3-5-21(19)25)24-23(27)18-7-6-17-8-10-26(13-15-29-2)22(17)16-18/h3-11,16H,12-15H2,1-2H3,(H,24,27). The molecule has 6 heteroatoms. The number of amides is 1. The maximum Gasteiger partial charge on any atom is 0.255 e. The minimum absolute atomic E-state index is 0.122. The Balaban J connectivity index is 1.60. The van der Waals surface area contributed by atoms with Gasteiger partial charge in [0.05, 0.1) is 24.4 Å². The number of hydrogen-bond acceptors (Lipinski definition) is 3. The lowest BCUT2D eigenvalue weighted by Crippen LogP contribution is -2.12. The summed E-state index contributed by atoms with van der Waals surface area (Å²) in [7, 11) is 3.38.